The van der Waals surface area contributed by atoms with E-state index in [1.807, 2.05) is 10.9 Å². The molecule has 2 rings (SSSR count). The van der Waals surface area contributed by atoms with Gasteiger partial charge in [-0.1, -0.05) is 0 Å². The van der Waals surface area contributed by atoms with Crippen LogP contribution in [0, 0.1) is 0 Å². The predicted molar refractivity (Wildman–Crippen MR) is 57.6 cm³/mol. The molecule has 0 radical (unpaired) electrons. The number of carbonyl (C=O) groups excluding carboxylic acids is 1. The van der Waals surface area contributed by atoms with Crippen molar-refractivity contribution in [2.24, 2.45) is 0 Å². The Morgan fingerprint density at radius 1 is 1.53 bits per heavy atom. The molecule has 0 aromatic carbocycles. The summed E-state index contributed by atoms with van der Waals surface area (Å²) in [5.74, 6) is 0.0241. The zero-order valence-corrected chi connectivity index (χ0v) is 9.12. The molecule has 0 aliphatic heterocycles. The van der Waals surface area contributed by atoms with Crippen LogP contribution in [0.3, 0.4) is 0 Å². The Labute approximate surface area is 89.7 Å². The van der Waals surface area contributed by atoms with Gasteiger partial charge in [-0.15, -0.1) is 0 Å². The molecule has 4 nitrogen and oxygen atoms in total. The topological polar surface area (TPSA) is 46.9 Å². The van der Waals surface area contributed by atoms with Gasteiger partial charge in [0.25, 0.3) is 0 Å². The molecule has 0 unspecified atom stereocenters. The van der Waals surface area contributed by atoms with Crippen molar-refractivity contribution in [1.82, 2.24) is 15.1 Å². The lowest BCUT2D eigenvalue weighted by Gasteiger charge is -2.13. The Kier molecular flexibility index (Phi) is 3.04. The molecule has 0 spiro atoms. The molecule has 0 saturated heterocycles. The fourth-order valence-electron chi connectivity index (χ4n) is 2.09. The van der Waals surface area contributed by atoms with Crippen LogP contribution in [0.5, 0.6) is 0 Å². The van der Waals surface area contributed by atoms with Gasteiger partial charge >= 0.3 is 0 Å². The van der Waals surface area contributed by atoms with E-state index >= 15 is 0 Å². The van der Waals surface area contributed by atoms with Gasteiger partial charge in [0.15, 0.2) is 0 Å². The summed E-state index contributed by atoms with van der Waals surface area (Å²) >= 11 is 0. The molecule has 0 atom stereocenters. The minimum absolute atomic E-state index is 0.0241. The summed E-state index contributed by atoms with van der Waals surface area (Å²) in [6.45, 7) is 3.00. The van der Waals surface area contributed by atoms with Crippen molar-refractivity contribution in [3.63, 3.8) is 0 Å². The average Bonchev–Trinajstić information content (AvgIpc) is 2.62. The predicted octanol–water partition coefficient (Wildman–Crippen LogP) is 0.898. The fraction of sp³-hybridized carbons (Fsp3) is 0.636. The number of aryl methyl sites for hydroxylation is 1. The molecule has 1 aliphatic rings. The van der Waals surface area contributed by atoms with Crippen LogP contribution < -0.4 is 5.32 Å². The van der Waals surface area contributed by atoms with Crippen LogP contribution in [0.25, 0.3) is 0 Å². The largest absolute Gasteiger partial charge is 0.354 e. The van der Waals surface area contributed by atoms with Gasteiger partial charge in [0.05, 0.1) is 12.7 Å². The first-order valence-electron chi connectivity index (χ1n) is 5.55. The van der Waals surface area contributed by atoms with Crippen molar-refractivity contribution in [3.8, 4) is 0 Å². The molecular formula is C11H17N3O. The maximum Gasteiger partial charge on any atom is 0.216 e. The van der Waals surface area contributed by atoms with E-state index in [1.165, 1.54) is 24.1 Å². The maximum atomic E-state index is 10.7. The molecule has 15 heavy (non-hydrogen) atoms. The van der Waals surface area contributed by atoms with Crippen LogP contribution >= 0.6 is 0 Å². The van der Waals surface area contributed by atoms with Crippen LogP contribution in [0.1, 0.15) is 31.0 Å². The molecule has 1 aromatic rings. The zero-order chi connectivity index (χ0) is 10.7. The highest BCUT2D eigenvalue weighted by molar-refractivity contribution is 5.72. The quantitative estimate of drug-likeness (QED) is 0.800. The molecule has 0 saturated carbocycles. The number of nitrogens with zero attached hydrogens (tertiary/aromatic N) is 2. The first kappa shape index (κ1) is 10.2. The average molecular weight is 207 g/mol. The number of amides is 1. The standard InChI is InChI=1S/C11H17N3O/c1-9(15)12-6-7-14-11-5-3-2-4-10(11)8-13-14/h8H,2-7H2,1H3,(H,12,15). The van der Waals surface area contributed by atoms with Crippen molar-refractivity contribution in [2.45, 2.75) is 39.2 Å². The SMILES string of the molecule is CC(=O)NCCn1ncc2c1CCCC2. The van der Waals surface area contributed by atoms with E-state index in [9.17, 15) is 4.79 Å². The van der Waals surface area contributed by atoms with Crippen molar-refractivity contribution < 1.29 is 4.79 Å². The van der Waals surface area contributed by atoms with E-state index in [-0.39, 0.29) is 5.91 Å². The van der Waals surface area contributed by atoms with E-state index in [1.54, 1.807) is 6.92 Å². The van der Waals surface area contributed by atoms with Crippen LogP contribution in [0.15, 0.2) is 6.20 Å². The fourth-order valence-corrected chi connectivity index (χ4v) is 2.09. The third kappa shape index (κ3) is 2.37. The van der Waals surface area contributed by atoms with Crippen molar-refractivity contribution in [1.29, 1.82) is 0 Å². The van der Waals surface area contributed by atoms with Crippen molar-refractivity contribution >= 4 is 5.91 Å². The lowest BCUT2D eigenvalue weighted by atomic mass is 9.98. The van der Waals surface area contributed by atoms with Gasteiger partial charge < -0.3 is 5.32 Å². The van der Waals surface area contributed by atoms with Gasteiger partial charge in [0.2, 0.25) is 5.91 Å². The number of nitrogens with one attached hydrogen (secondary N) is 1. The first-order chi connectivity index (χ1) is 7.27. The Morgan fingerprint density at radius 3 is 3.13 bits per heavy atom. The van der Waals surface area contributed by atoms with E-state index in [2.05, 4.69) is 10.4 Å². The van der Waals surface area contributed by atoms with Gasteiger partial charge in [-0.3, -0.25) is 9.48 Å². The second kappa shape index (κ2) is 4.47. The molecule has 0 bridgehead atoms. The Balaban J connectivity index is 1.96. The van der Waals surface area contributed by atoms with E-state index < -0.39 is 0 Å². The monoisotopic (exact) mass is 207 g/mol. The molecule has 4 heteroatoms. The zero-order valence-electron chi connectivity index (χ0n) is 9.12. The molecule has 1 N–H and O–H groups in total. The second-order valence-corrected chi connectivity index (χ2v) is 4.03. The minimum Gasteiger partial charge on any atom is -0.354 e. The minimum atomic E-state index is 0.0241. The highest BCUT2D eigenvalue weighted by Gasteiger charge is 2.14. The second-order valence-electron chi connectivity index (χ2n) is 4.03. The summed E-state index contributed by atoms with van der Waals surface area (Å²) in [4.78, 5) is 10.7. The summed E-state index contributed by atoms with van der Waals surface area (Å²) in [6.07, 6.45) is 6.82. The summed E-state index contributed by atoms with van der Waals surface area (Å²) in [7, 11) is 0. The number of rotatable bonds is 3. The summed E-state index contributed by atoms with van der Waals surface area (Å²) in [6, 6.07) is 0. The first-order valence-corrected chi connectivity index (χ1v) is 5.55. The Bertz CT molecular complexity index is 357. The van der Waals surface area contributed by atoms with Crippen LogP contribution in [0.4, 0.5) is 0 Å². The molecule has 0 fully saturated rings. The third-order valence-electron chi connectivity index (χ3n) is 2.84. The lowest BCUT2D eigenvalue weighted by molar-refractivity contribution is -0.118. The van der Waals surface area contributed by atoms with Gasteiger partial charge in [-0.2, -0.15) is 5.10 Å². The van der Waals surface area contributed by atoms with Crippen LogP contribution in [-0.2, 0) is 24.2 Å². The summed E-state index contributed by atoms with van der Waals surface area (Å²) < 4.78 is 2.03. The van der Waals surface area contributed by atoms with Gasteiger partial charge in [-0.25, -0.2) is 0 Å². The van der Waals surface area contributed by atoms with Crippen LogP contribution in [-0.4, -0.2) is 22.2 Å². The van der Waals surface area contributed by atoms with Gasteiger partial charge in [0.1, 0.15) is 0 Å². The molecule has 1 heterocycles. The van der Waals surface area contributed by atoms with Crippen molar-refractivity contribution in [3.05, 3.63) is 17.5 Å². The smallest absolute Gasteiger partial charge is 0.216 e. The molecule has 1 aromatic heterocycles. The van der Waals surface area contributed by atoms with E-state index in [4.69, 9.17) is 0 Å². The third-order valence-corrected chi connectivity index (χ3v) is 2.84. The number of hydrogen-bond acceptors (Lipinski definition) is 2. The van der Waals surface area contributed by atoms with Gasteiger partial charge in [0, 0.05) is 19.2 Å². The number of aromatic nitrogens is 2. The van der Waals surface area contributed by atoms with E-state index in [0.29, 0.717) is 6.54 Å². The number of carbonyl (C=O) groups is 1. The molecule has 82 valence electrons. The number of fused-ring (bicyclic) bond motifs is 1. The maximum absolute atomic E-state index is 10.7. The Morgan fingerprint density at radius 2 is 2.33 bits per heavy atom. The van der Waals surface area contributed by atoms with E-state index in [0.717, 1.165) is 19.4 Å². The molecule has 1 amide bonds. The lowest BCUT2D eigenvalue weighted by Crippen LogP contribution is -2.25. The number of hydrogen-bond donors (Lipinski definition) is 1. The Hall–Kier alpha value is -1.32. The summed E-state index contributed by atoms with van der Waals surface area (Å²) in [5, 5.41) is 7.15. The van der Waals surface area contributed by atoms with Crippen molar-refractivity contribution in [2.75, 3.05) is 6.54 Å². The molecular weight excluding hydrogens is 190 g/mol. The summed E-state index contributed by atoms with van der Waals surface area (Å²) in [5.41, 5.74) is 2.76. The highest BCUT2D eigenvalue weighted by Crippen LogP contribution is 2.20. The van der Waals surface area contributed by atoms with Crippen LogP contribution in [0.2, 0.25) is 0 Å². The highest BCUT2D eigenvalue weighted by atomic mass is 16.1. The molecule has 1 aliphatic carbocycles. The van der Waals surface area contributed by atoms with Gasteiger partial charge in [-0.05, 0) is 31.2 Å². The normalized spacial score (nSPS) is 14.7.